The number of benzene rings is 2. The molecule has 0 atom stereocenters. The van der Waals surface area contributed by atoms with Gasteiger partial charge in [0, 0.05) is 17.6 Å². The molecule has 0 radical (unpaired) electrons. The standard InChI is InChI=1S/C16H17N3/c1-2-19-16-11-7-6-10-14(16)15(18-19)12-17-13-8-4-3-5-9-13/h3-11,17H,2,12H2,1H3. The van der Waals surface area contributed by atoms with Crippen molar-refractivity contribution < 1.29 is 0 Å². The minimum Gasteiger partial charge on any atom is -0.379 e. The van der Waals surface area contributed by atoms with Crippen LogP contribution in [0.5, 0.6) is 0 Å². The first kappa shape index (κ1) is 11.8. The number of fused-ring (bicyclic) bond motifs is 1. The Labute approximate surface area is 112 Å². The van der Waals surface area contributed by atoms with E-state index in [0.29, 0.717) is 0 Å². The van der Waals surface area contributed by atoms with Crippen molar-refractivity contribution in [2.45, 2.75) is 20.0 Å². The Kier molecular flexibility index (Phi) is 3.19. The van der Waals surface area contributed by atoms with Crippen molar-refractivity contribution in [1.82, 2.24) is 9.78 Å². The number of hydrogen-bond acceptors (Lipinski definition) is 2. The van der Waals surface area contributed by atoms with Gasteiger partial charge in [0.25, 0.3) is 0 Å². The lowest BCUT2D eigenvalue weighted by Crippen LogP contribution is -2.02. The number of hydrogen-bond donors (Lipinski definition) is 1. The predicted octanol–water partition coefficient (Wildman–Crippen LogP) is 3.67. The Balaban J connectivity index is 1.89. The van der Waals surface area contributed by atoms with E-state index in [4.69, 9.17) is 0 Å². The molecule has 0 spiro atoms. The van der Waals surface area contributed by atoms with Crippen LogP contribution in [-0.4, -0.2) is 9.78 Å². The summed E-state index contributed by atoms with van der Waals surface area (Å²) in [5, 5.41) is 9.32. The van der Waals surface area contributed by atoms with Crippen LogP contribution in [0.1, 0.15) is 12.6 Å². The molecule has 3 rings (SSSR count). The third kappa shape index (κ3) is 2.32. The Morgan fingerprint density at radius 3 is 2.53 bits per heavy atom. The summed E-state index contributed by atoms with van der Waals surface area (Å²) in [4.78, 5) is 0. The second-order valence-electron chi connectivity index (χ2n) is 4.50. The lowest BCUT2D eigenvalue weighted by atomic mass is 10.2. The summed E-state index contributed by atoms with van der Waals surface area (Å²) < 4.78 is 2.05. The van der Waals surface area contributed by atoms with Gasteiger partial charge >= 0.3 is 0 Å². The van der Waals surface area contributed by atoms with Gasteiger partial charge in [0.1, 0.15) is 0 Å². The molecule has 0 saturated heterocycles. The maximum absolute atomic E-state index is 4.68. The van der Waals surface area contributed by atoms with E-state index < -0.39 is 0 Å². The molecule has 3 nitrogen and oxygen atoms in total. The molecular formula is C16H17N3. The maximum Gasteiger partial charge on any atom is 0.0894 e. The summed E-state index contributed by atoms with van der Waals surface area (Å²) in [6.07, 6.45) is 0. The van der Waals surface area contributed by atoms with E-state index in [1.807, 2.05) is 18.2 Å². The first-order valence-electron chi connectivity index (χ1n) is 6.62. The normalized spacial score (nSPS) is 10.8. The molecule has 0 aliphatic carbocycles. The third-order valence-electron chi connectivity index (χ3n) is 3.27. The van der Waals surface area contributed by atoms with Crippen LogP contribution in [0, 0.1) is 0 Å². The molecule has 96 valence electrons. The van der Waals surface area contributed by atoms with Crippen LogP contribution in [-0.2, 0) is 13.1 Å². The number of para-hydroxylation sites is 2. The number of aromatic nitrogens is 2. The van der Waals surface area contributed by atoms with Crippen molar-refractivity contribution in [3.8, 4) is 0 Å². The number of aryl methyl sites for hydroxylation is 1. The second-order valence-corrected chi connectivity index (χ2v) is 4.50. The average Bonchev–Trinajstić information content (AvgIpc) is 2.84. The van der Waals surface area contributed by atoms with Crippen molar-refractivity contribution in [2.24, 2.45) is 0 Å². The smallest absolute Gasteiger partial charge is 0.0894 e. The summed E-state index contributed by atoms with van der Waals surface area (Å²) in [6, 6.07) is 18.6. The zero-order chi connectivity index (χ0) is 13.1. The molecule has 0 aliphatic heterocycles. The summed E-state index contributed by atoms with van der Waals surface area (Å²) in [7, 11) is 0. The van der Waals surface area contributed by atoms with Gasteiger partial charge in [-0.05, 0) is 25.1 Å². The molecule has 2 aromatic carbocycles. The number of anilines is 1. The Morgan fingerprint density at radius 1 is 1.00 bits per heavy atom. The largest absolute Gasteiger partial charge is 0.379 e. The predicted molar refractivity (Wildman–Crippen MR) is 79.2 cm³/mol. The average molecular weight is 251 g/mol. The molecule has 0 aliphatic rings. The SMILES string of the molecule is CCn1nc(CNc2ccccc2)c2ccccc21. The Morgan fingerprint density at radius 2 is 1.74 bits per heavy atom. The van der Waals surface area contributed by atoms with Crippen LogP contribution in [0.2, 0.25) is 0 Å². The van der Waals surface area contributed by atoms with E-state index >= 15 is 0 Å². The van der Waals surface area contributed by atoms with Crippen LogP contribution < -0.4 is 5.32 Å². The van der Waals surface area contributed by atoms with Crippen LogP contribution in [0.3, 0.4) is 0 Å². The van der Waals surface area contributed by atoms with Crippen molar-refractivity contribution in [1.29, 1.82) is 0 Å². The minimum atomic E-state index is 0.748. The quantitative estimate of drug-likeness (QED) is 0.766. The van der Waals surface area contributed by atoms with Crippen molar-refractivity contribution in [3.63, 3.8) is 0 Å². The molecule has 0 bridgehead atoms. The number of nitrogens with zero attached hydrogens (tertiary/aromatic N) is 2. The van der Waals surface area contributed by atoms with Gasteiger partial charge in [-0.3, -0.25) is 4.68 Å². The molecule has 19 heavy (non-hydrogen) atoms. The van der Waals surface area contributed by atoms with E-state index in [1.54, 1.807) is 0 Å². The van der Waals surface area contributed by atoms with Crippen molar-refractivity contribution in [2.75, 3.05) is 5.32 Å². The highest BCUT2D eigenvalue weighted by Gasteiger charge is 2.08. The third-order valence-corrected chi connectivity index (χ3v) is 3.27. The molecule has 0 fully saturated rings. The molecule has 3 heteroatoms. The number of rotatable bonds is 4. The summed E-state index contributed by atoms with van der Waals surface area (Å²) in [5.41, 5.74) is 3.42. The van der Waals surface area contributed by atoms with Crippen LogP contribution in [0.25, 0.3) is 10.9 Å². The van der Waals surface area contributed by atoms with Crippen LogP contribution in [0.4, 0.5) is 5.69 Å². The fourth-order valence-electron chi connectivity index (χ4n) is 2.31. The van der Waals surface area contributed by atoms with Gasteiger partial charge < -0.3 is 5.32 Å². The molecule has 0 saturated carbocycles. The van der Waals surface area contributed by atoms with Gasteiger partial charge in [-0.25, -0.2) is 0 Å². The van der Waals surface area contributed by atoms with Gasteiger partial charge in [-0.2, -0.15) is 5.10 Å². The van der Waals surface area contributed by atoms with Crippen LogP contribution >= 0.6 is 0 Å². The van der Waals surface area contributed by atoms with E-state index in [2.05, 4.69) is 58.4 Å². The van der Waals surface area contributed by atoms with Gasteiger partial charge in [0.05, 0.1) is 17.8 Å². The molecular weight excluding hydrogens is 234 g/mol. The topological polar surface area (TPSA) is 29.9 Å². The zero-order valence-corrected chi connectivity index (χ0v) is 11.0. The fraction of sp³-hybridized carbons (Fsp3) is 0.188. The van der Waals surface area contributed by atoms with E-state index in [0.717, 1.165) is 24.5 Å². The zero-order valence-electron chi connectivity index (χ0n) is 11.0. The first-order valence-corrected chi connectivity index (χ1v) is 6.62. The highest BCUT2D eigenvalue weighted by molar-refractivity contribution is 5.82. The van der Waals surface area contributed by atoms with E-state index in [1.165, 1.54) is 10.9 Å². The Hall–Kier alpha value is -2.29. The van der Waals surface area contributed by atoms with Crippen molar-refractivity contribution >= 4 is 16.6 Å². The molecule has 1 N–H and O–H groups in total. The molecule has 3 aromatic rings. The number of nitrogens with one attached hydrogen (secondary N) is 1. The van der Waals surface area contributed by atoms with E-state index in [9.17, 15) is 0 Å². The van der Waals surface area contributed by atoms with Crippen molar-refractivity contribution in [3.05, 3.63) is 60.3 Å². The Bertz CT molecular complexity index is 671. The summed E-state index contributed by atoms with van der Waals surface area (Å²) in [5.74, 6) is 0. The molecule has 1 aromatic heterocycles. The minimum absolute atomic E-state index is 0.748. The van der Waals surface area contributed by atoms with Gasteiger partial charge in [0.15, 0.2) is 0 Å². The van der Waals surface area contributed by atoms with Gasteiger partial charge in [-0.1, -0.05) is 36.4 Å². The van der Waals surface area contributed by atoms with Gasteiger partial charge in [-0.15, -0.1) is 0 Å². The monoisotopic (exact) mass is 251 g/mol. The molecule has 0 unspecified atom stereocenters. The lowest BCUT2D eigenvalue weighted by molar-refractivity contribution is 0.671. The molecule has 0 amide bonds. The first-order chi connectivity index (χ1) is 9.38. The second kappa shape index (κ2) is 5.14. The van der Waals surface area contributed by atoms with E-state index in [-0.39, 0.29) is 0 Å². The highest BCUT2D eigenvalue weighted by Crippen LogP contribution is 2.19. The maximum atomic E-state index is 4.68. The lowest BCUT2D eigenvalue weighted by Gasteiger charge is -2.03. The summed E-state index contributed by atoms with van der Waals surface area (Å²) >= 11 is 0. The highest BCUT2D eigenvalue weighted by atomic mass is 15.3. The molecule has 1 heterocycles. The van der Waals surface area contributed by atoms with Crippen LogP contribution in [0.15, 0.2) is 54.6 Å². The van der Waals surface area contributed by atoms with Gasteiger partial charge in [0.2, 0.25) is 0 Å². The fourth-order valence-corrected chi connectivity index (χ4v) is 2.31. The summed E-state index contributed by atoms with van der Waals surface area (Å²) in [6.45, 7) is 3.76.